The number of aryl methyl sites for hydroxylation is 1. The van der Waals surface area contributed by atoms with Crippen LogP contribution in [0.3, 0.4) is 0 Å². The zero-order chi connectivity index (χ0) is 21.1. The summed E-state index contributed by atoms with van der Waals surface area (Å²) in [7, 11) is 0. The van der Waals surface area contributed by atoms with Gasteiger partial charge >= 0.3 is 0 Å². The van der Waals surface area contributed by atoms with Crippen LogP contribution < -0.4 is 16.5 Å². The van der Waals surface area contributed by atoms with Gasteiger partial charge in [-0.1, -0.05) is 50.6 Å². The molecule has 0 bridgehead atoms. The predicted molar refractivity (Wildman–Crippen MR) is 109 cm³/mol. The summed E-state index contributed by atoms with van der Waals surface area (Å²) in [6.07, 6.45) is 0.565. The van der Waals surface area contributed by atoms with E-state index in [1.54, 1.807) is 6.92 Å². The fraction of sp³-hybridized carbons (Fsp3) is 0.318. The van der Waals surface area contributed by atoms with Crippen LogP contribution in [0.25, 0.3) is 22.5 Å². The van der Waals surface area contributed by atoms with E-state index in [0.717, 1.165) is 0 Å². The van der Waals surface area contributed by atoms with Crippen LogP contribution >= 0.6 is 0 Å². The topological polar surface area (TPSA) is 116 Å². The van der Waals surface area contributed by atoms with Crippen LogP contribution in [0.15, 0.2) is 50.0 Å². The zero-order valence-electron chi connectivity index (χ0n) is 16.7. The average molecular weight is 396 g/mol. The summed E-state index contributed by atoms with van der Waals surface area (Å²) < 4.78 is 11.5. The Bertz CT molecular complexity index is 1100. The summed E-state index contributed by atoms with van der Waals surface area (Å²) in [6.45, 7) is 5.42. The van der Waals surface area contributed by atoms with E-state index in [2.05, 4.69) is 5.32 Å². The molecular weight excluding hydrogens is 372 g/mol. The van der Waals surface area contributed by atoms with Crippen LogP contribution in [0.2, 0.25) is 0 Å². The fourth-order valence-corrected chi connectivity index (χ4v) is 3.26. The van der Waals surface area contributed by atoms with Gasteiger partial charge < -0.3 is 19.9 Å². The Labute approximate surface area is 167 Å². The lowest BCUT2D eigenvalue weighted by Gasteiger charge is -2.21. The fourth-order valence-electron chi connectivity index (χ4n) is 3.26. The number of carbonyl (C=O) groups excluding carboxylic acids is 2. The molecule has 1 aromatic carbocycles. The van der Waals surface area contributed by atoms with E-state index in [9.17, 15) is 14.4 Å². The first-order valence-electron chi connectivity index (χ1n) is 9.52. The molecular formula is C22H24N2O5. The third-order valence-corrected chi connectivity index (χ3v) is 4.99. The SMILES string of the molecule is CC[C@H](C)[C@H](NC(=O)Cc1c(-c2ccccc2)oc2c(=O)cc(C)oc12)C(N)=O. The first kappa shape index (κ1) is 20.4. The van der Waals surface area contributed by atoms with E-state index < -0.39 is 17.9 Å². The maximum Gasteiger partial charge on any atom is 0.240 e. The molecule has 29 heavy (non-hydrogen) atoms. The third-order valence-electron chi connectivity index (χ3n) is 4.99. The molecule has 3 aromatic rings. The number of furan rings is 1. The van der Waals surface area contributed by atoms with Crippen molar-refractivity contribution in [2.45, 2.75) is 39.7 Å². The van der Waals surface area contributed by atoms with Crippen molar-refractivity contribution in [2.24, 2.45) is 11.7 Å². The second-order valence-corrected chi connectivity index (χ2v) is 7.17. The highest BCUT2D eigenvalue weighted by atomic mass is 16.4. The van der Waals surface area contributed by atoms with Gasteiger partial charge in [0.2, 0.25) is 22.8 Å². The van der Waals surface area contributed by atoms with Crippen molar-refractivity contribution in [3.05, 3.63) is 57.9 Å². The number of nitrogens with one attached hydrogen (secondary N) is 1. The molecule has 0 saturated carbocycles. The molecule has 0 aliphatic heterocycles. The molecule has 2 heterocycles. The number of amides is 2. The Morgan fingerprint density at radius 3 is 2.45 bits per heavy atom. The van der Waals surface area contributed by atoms with Gasteiger partial charge in [-0.3, -0.25) is 14.4 Å². The van der Waals surface area contributed by atoms with Gasteiger partial charge in [-0.05, 0) is 12.8 Å². The average Bonchev–Trinajstić information content (AvgIpc) is 3.04. The molecule has 0 fully saturated rings. The molecule has 3 N–H and O–H groups in total. The van der Waals surface area contributed by atoms with Crippen LogP contribution in [0.4, 0.5) is 0 Å². The number of hydrogen-bond acceptors (Lipinski definition) is 5. The number of carbonyl (C=O) groups is 2. The van der Waals surface area contributed by atoms with Crippen molar-refractivity contribution in [3.8, 4) is 11.3 Å². The third kappa shape index (κ3) is 4.23. The summed E-state index contributed by atoms with van der Waals surface area (Å²) in [5.41, 5.74) is 6.61. The van der Waals surface area contributed by atoms with Gasteiger partial charge in [0.1, 0.15) is 17.6 Å². The van der Waals surface area contributed by atoms with E-state index >= 15 is 0 Å². The van der Waals surface area contributed by atoms with E-state index in [1.165, 1.54) is 6.07 Å². The van der Waals surface area contributed by atoms with Gasteiger partial charge in [-0.15, -0.1) is 0 Å². The molecule has 0 unspecified atom stereocenters. The number of fused-ring (bicyclic) bond motifs is 1. The molecule has 2 aromatic heterocycles. The van der Waals surface area contributed by atoms with Gasteiger partial charge in [-0.25, -0.2) is 0 Å². The lowest BCUT2D eigenvalue weighted by atomic mass is 9.98. The molecule has 2 amide bonds. The van der Waals surface area contributed by atoms with Gasteiger partial charge in [0.15, 0.2) is 5.58 Å². The van der Waals surface area contributed by atoms with Crippen molar-refractivity contribution in [1.29, 1.82) is 0 Å². The summed E-state index contributed by atoms with van der Waals surface area (Å²) in [5.74, 6) is -0.291. The van der Waals surface area contributed by atoms with Crippen LogP contribution in [0.1, 0.15) is 31.6 Å². The van der Waals surface area contributed by atoms with Crippen molar-refractivity contribution < 1.29 is 18.4 Å². The highest BCUT2D eigenvalue weighted by molar-refractivity contribution is 5.92. The molecule has 0 aliphatic rings. The molecule has 7 heteroatoms. The molecule has 152 valence electrons. The summed E-state index contributed by atoms with van der Waals surface area (Å²) in [6, 6.07) is 9.73. The van der Waals surface area contributed by atoms with E-state index in [1.807, 2.05) is 44.2 Å². The number of hydrogen-bond donors (Lipinski definition) is 2. The minimum absolute atomic E-state index is 0.0608. The summed E-state index contributed by atoms with van der Waals surface area (Å²) >= 11 is 0. The Balaban J connectivity index is 2.04. The molecule has 0 radical (unpaired) electrons. The normalized spacial score (nSPS) is 13.2. The van der Waals surface area contributed by atoms with Crippen LogP contribution in [-0.4, -0.2) is 17.9 Å². The number of rotatable bonds is 7. The van der Waals surface area contributed by atoms with E-state index in [-0.39, 0.29) is 28.9 Å². The quantitative estimate of drug-likeness (QED) is 0.637. The lowest BCUT2D eigenvalue weighted by Crippen LogP contribution is -2.48. The minimum atomic E-state index is -0.778. The second-order valence-electron chi connectivity index (χ2n) is 7.17. The standard InChI is InChI=1S/C22H24N2O5/c1-4-12(2)18(22(23)27)24-17(26)11-15-19(14-8-6-5-7-9-14)29-21-16(25)10-13(3)28-20(15)21/h5-10,12,18H,4,11H2,1-3H3,(H2,23,27)(H,24,26)/t12-,18-/m0/s1. The highest BCUT2D eigenvalue weighted by Gasteiger charge is 2.27. The van der Waals surface area contributed by atoms with E-state index in [0.29, 0.717) is 29.1 Å². The van der Waals surface area contributed by atoms with Gasteiger partial charge in [0.25, 0.3) is 0 Å². The van der Waals surface area contributed by atoms with Gasteiger partial charge in [0.05, 0.1) is 12.0 Å². The largest absolute Gasteiger partial charge is 0.457 e. The van der Waals surface area contributed by atoms with Crippen LogP contribution in [0.5, 0.6) is 0 Å². The van der Waals surface area contributed by atoms with Crippen molar-refractivity contribution >= 4 is 23.0 Å². The summed E-state index contributed by atoms with van der Waals surface area (Å²) in [4.78, 5) is 36.9. The van der Waals surface area contributed by atoms with Gasteiger partial charge in [-0.2, -0.15) is 0 Å². The maximum atomic E-state index is 12.8. The van der Waals surface area contributed by atoms with Gasteiger partial charge in [0, 0.05) is 11.6 Å². The first-order chi connectivity index (χ1) is 13.8. The second kappa shape index (κ2) is 8.34. The summed E-state index contributed by atoms with van der Waals surface area (Å²) in [5, 5.41) is 2.70. The van der Waals surface area contributed by atoms with Crippen molar-refractivity contribution in [1.82, 2.24) is 5.32 Å². The Morgan fingerprint density at radius 2 is 1.83 bits per heavy atom. The van der Waals surface area contributed by atoms with Crippen molar-refractivity contribution in [2.75, 3.05) is 0 Å². The van der Waals surface area contributed by atoms with Crippen molar-refractivity contribution in [3.63, 3.8) is 0 Å². The number of primary amides is 1. The molecule has 0 aliphatic carbocycles. The minimum Gasteiger partial charge on any atom is -0.457 e. The molecule has 0 spiro atoms. The predicted octanol–water partition coefficient (Wildman–Crippen LogP) is 2.92. The maximum absolute atomic E-state index is 12.8. The number of benzene rings is 1. The zero-order valence-corrected chi connectivity index (χ0v) is 16.7. The molecule has 0 saturated heterocycles. The monoisotopic (exact) mass is 396 g/mol. The first-order valence-corrected chi connectivity index (χ1v) is 9.52. The lowest BCUT2D eigenvalue weighted by molar-refractivity contribution is -0.128. The Kier molecular flexibility index (Phi) is 5.87. The molecule has 2 atom stereocenters. The molecule has 7 nitrogen and oxygen atoms in total. The Morgan fingerprint density at radius 1 is 1.14 bits per heavy atom. The van der Waals surface area contributed by atoms with Crippen LogP contribution in [0, 0.1) is 12.8 Å². The van der Waals surface area contributed by atoms with E-state index in [4.69, 9.17) is 14.6 Å². The number of nitrogens with two attached hydrogens (primary N) is 1. The smallest absolute Gasteiger partial charge is 0.240 e. The Hall–Kier alpha value is -3.35. The van der Waals surface area contributed by atoms with Crippen LogP contribution in [-0.2, 0) is 16.0 Å². The molecule has 3 rings (SSSR count). The highest BCUT2D eigenvalue weighted by Crippen LogP contribution is 2.33.